The number of likely N-dealkylation sites (tertiary alicyclic amines) is 1. The topological polar surface area (TPSA) is 58.4 Å². The van der Waals surface area contributed by atoms with Crippen molar-refractivity contribution in [2.75, 3.05) is 13.1 Å². The number of aliphatic hydroxyl groups is 1. The van der Waals surface area contributed by atoms with Gasteiger partial charge >= 0.3 is 0 Å². The number of carbonyl (C=O) groups is 1. The predicted octanol–water partition coefficient (Wildman–Crippen LogP) is 2.32. The number of hydrogen-bond acceptors (Lipinski definition) is 3. The third-order valence-electron chi connectivity index (χ3n) is 4.87. The van der Waals surface area contributed by atoms with E-state index in [0.717, 1.165) is 43.5 Å². The molecular formula is C19H25N3O2. The van der Waals surface area contributed by atoms with Crippen molar-refractivity contribution in [2.24, 2.45) is 13.0 Å². The van der Waals surface area contributed by atoms with E-state index < -0.39 is 6.10 Å². The standard InChI is InChI=1S/C19H25N3O2/c1-21-14-15(13-20-21)7-8-18(23)22-11-9-17(10-12-22)19(24)16-5-3-2-4-6-16/h2-6,13-14,17,19,24H,7-12H2,1H3. The highest BCUT2D eigenvalue weighted by atomic mass is 16.3. The Hall–Kier alpha value is -2.14. The largest absolute Gasteiger partial charge is 0.388 e. The summed E-state index contributed by atoms with van der Waals surface area (Å²) in [5.74, 6) is 0.432. The lowest BCUT2D eigenvalue weighted by Crippen LogP contribution is -2.39. The molecule has 1 fully saturated rings. The number of piperidine rings is 1. The van der Waals surface area contributed by atoms with Crippen molar-refractivity contribution in [3.63, 3.8) is 0 Å². The SMILES string of the molecule is Cn1cc(CCC(=O)N2CCC(C(O)c3ccccc3)CC2)cn1. The van der Waals surface area contributed by atoms with Crippen molar-refractivity contribution in [3.8, 4) is 0 Å². The van der Waals surface area contributed by atoms with Gasteiger partial charge in [-0.3, -0.25) is 9.48 Å². The summed E-state index contributed by atoms with van der Waals surface area (Å²) in [4.78, 5) is 14.3. The second-order valence-electron chi connectivity index (χ2n) is 6.60. The fourth-order valence-corrected chi connectivity index (χ4v) is 3.40. The molecule has 0 saturated carbocycles. The third-order valence-corrected chi connectivity index (χ3v) is 4.87. The lowest BCUT2D eigenvalue weighted by Gasteiger charge is -2.34. The maximum atomic E-state index is 12.4. The van der Waals surface area contributed by atoms with Crippen LogP contribution in [0.15, 0.2) is 42.7 Å². The van der Waals surface area contributed by atoms with E-state index in [1.165, 1.54) is 0 Å². The van der Waals surface area contributed by atoms with E-state index in [9.17, 15) is 9.90 Å². The van der Waals surface area contributed by atoms with Gasteiger partial charge in [-0.25, -0.2) is 0 Å². The average Bonchev–Trinajstić information content (AvgIpc) is 3.05. The van der Waals surface area contributed by atoms with E-state index >= 15 is 0 Å². The molecule has 1 atom stereocenters. The fraction of sp³-hybridized carbons (Fsp3) is 0.474. The smallest absolute Gasteiger partial charge is 0.222 e. The Labute approximate surface area is 142 Å². The molecule has 0 bridgehead atoms. The van der Waals surface area contributed by atoms with Crippen molar-refractivity contribution in [3.05, 3.63) is 53.9 Å². The lowest BCUT2D eigenvalue weighted by atomic mass is 9.87. The molecule has 1 amide bonds. The van der Waals surface area contributed by atoms with Gasteiger partial charge in [0.1, 0.15) is 0 Å². The zero-order valence-corrected chi connectivity index (χ0v) is 14.1. The van der Waals surface area contributed by atoms with E-state index in [2.05, 4.69) is 5.10 Å². The first-order valence-corrected chi connectivity index (χ1v) is 8.62. The van der Waals surface area contributed by atoms with Crippen LogP contribution in [0.2, 0.25) is 0 Å². The number of nitrogens with zero attached hydrogens (tertiary/aromatic N) is 3. The molecule has 1 unspecified atom stereocenters. The summed E-state index contributed by atoms with van der Waals surface area (Å²) in [5.41, 5.74) is 2.07. The Morgan fingerprint density at radius 2 is 2.00 bits per heavy atom. The van der Waals surface area contributed by atoms with Crippen LogP contribution in [0.3, 0.4) is 0 Å². The molecule has 1 aromatic carbocycles. The van der Waals surface area contributed by atoms with Crippen LogP contribution < -0.4 is 0 Å². The van der Waals surface area contributed by atoms with Crippen LogP contribution in [0, 0.1) is 5.92 Å². The van der Waals surface area contributed by atoms with Gasteiger partial charge in [-0.05, 0) is 36.3 Å². The van der Waals surface area contributed by atoms with Crippen LogP contribution in [0.4, 0.5) is 0 Å². The third kappa shape index (κ3) is 4.03. The molecule has 0 radical (unpaired) electrons. The van der Waals surface area contributed by atoms with E-state index in [1.54, 1.807) is 4.68 Å². The fourth-order valence-electron chi connectivity index (χ4n) is 3.40. The molecule has 0 spiro atoms. The Morgan fingerprint density at radius 1 is 1.29 bits per heavy atom. The number of hydrogen-bond donors (Lipinski definition) is 1. The van der Waals surface area contributed by atoms with E-state index in [-0.39, 0.29) is 11.8 Å². The summed E-state index contributed by atoms with van der Waals surface area (Å²) >= 11 is 0. The van der Waals surface area contributed by atoms with Crippen molar-refractivity contribution < 1.29 is 9.90 Å². The van der Waals surface area contributed by atoms with Crippen LogP contribution in [-0.4, -0.2) is 38.8 Å². The van der Waals surface area contributed by atoms with E-state index in [1.807, 2.05) is 54.7 Å². The van der Waals surface area contributed by atoms with Gasteiger partial charge in [0.2, 0.25) is 5.91 Å². The summed E-state index contributed by atoms with van der Waals surface area (Å²) in [7, 11) is 1.88. The van der Waals surface area contributed by atoms with Gasteiger partial charge in [0.05, 0.1) is 12.3 Å². The first kappa shape index (κ1) is 16.7. The summed E-state index contributed by atoms with van der Waals surface area (Å²) in [6.45, 7) is 1.47. The summed E-state index contributed by atoms with van der Waals surface area (Å²) in [6, 6.07) is 9.80. The molecular weight excluding hydrogens is 302 g/mol. The van der Waals surface area contributed by atoms with Gasteiger partial charge in [-0.15, -0.1) is 0 Å². The van der Waals surface area contributed by atoms with Crippen LogP contribution in [0.5, 0.6) is 0 Å². The van der Waals surface area contributed by atoms with Crippen molar-refractivity contribution in [2.45, 2.75) is 31.8 Å². The Bertz CT molecular complexity index is 660. The van der Waals surface area contributed by atoms with Crippen molar-refractivity contribution in [1.29, 1.82) is 0 Å². The minimum absolute atomic E-state index is 0.200. The van der Waals surface area contributed by atoms with Crippen molar-refractivity contribution in [1.82, 2.24) is 14.7 Å². The molecule has 5 heteroatoms. The lowest BCUT2D eigenvalue weighted by molar-refractivity contribution is -0.133. The summed E-state index contributed by atoms with van der Waals surface area (Å²) in [5, 5.41) is 14.6. The molecule has 24 heavy (non-hydrogen) atoms. The number of carbonyl (C=O) groups excluding carboxylic acids is 1. The molecule has 2 aromatic rings. The summed E-state index contributed by atoms with van der Waals surface area (Å²) in [6.07, 6.45) is 6.31. The van der Waals surface area contributed by atoms with Crippen LogP contribution in [0.25, 0.3) is 0 Å². The first-order valence-electron chi connectivity index (χ1n) is 8.62. The van der Waals surface area contributed by atoms with Gasteiger partial charge < -0.3 is 10.0 Å². The van der Waals surface area contributed by atoms with Crippen molar-refractivity contribution >= 4 is 5.91 Å². The maximum absolute atomic E-state index is 12.4. The number of aromatic nitrogens is 2. The molecule has 0 aliphatic carbocycles. The molecule has 1 aromatic heterocycles. The van der Waals surface area contributed by atoms with Crippen LogP contribution in [0.1, 0.15) is 36.5 Å². The molecule has 2 heterocycles. The average molecular weight is 327 g/mol. The minimum Gasteiger partial charge on any atom is -0.388 e. The number of rotatable bonds is 5. The Kier molecular flexibility index (Phi) is 5.30. The molecule has 1 aliphatic heterocycles. The van der Waals surface area contributed by atoms with Gasteiger partial charge in [0.25, 0.3) is 0 Å². The normalized spacial score (nSPS) is 17.0. The minimum atomic E-state index is -0.432. The van der Waals surface area contributed by atoms with E-state index in [0.29, 0.717) is 6.42 Å². The monoisotopic (exact) mass is 327 g/mol. The molecule has 1 aliphatic rings. The predicted molar refractivity (Wildman–Crippen MR) is 92.2 cm³/mol. The molecule has 1 saturated heterocycles. The van der Waals surface area contributed by atoms with Crippen LogP contribution in [-0.2, 0) is 18.3 Å². The second kappa shape index (κ2) is 7.62. The zero-order valence-electron chi connectivity index (χ0n) is 14.1. The molecule has 5 nitrogen and oxygen atoms in total. The Balaban J connectivity index is 1.47. The van der Waals surface area contributed by atoms with Gasteiger partial charge in [-0.1, -0.05) is 30.3 Å². The number of aryl methyl sites for hydroxylation is 2. The van der Waals surface area contributed by atoms with Gasteiger partial charge in [-0.2, -0.15) is 5.10 Å². The number of amides is 1. The highest BCUT2D eigenvalue weighted by Crippen LogP contribution is 2.30. The molecule has 128 valence electrons. The van der Waals surface area contributed by atoms with Gasteiger partial charge in [0, 0.05) is 32.8 Å². The highest BCUT2D eigenvalue weighted by molar-refractivity contribution is 5.76. The maximum Gasteiger partial charge on any atom is 0.222 e. The quantitative estimate of drug-likeness (QED) is 0.917. The van der Waals surface area contributed by atoms with Gasteiger partial charge in [0.15, 0.2) is 0 Å². The van der Waals surface area contributed by atoms with Crippen LogP contribution >= 0.6 is 0 Å². The summed E-state index contributed by atoms with van der Waals surface area (Å²) < 4.78 is 1.76. The zero-order chi connectivity index (χ0) is 16.9. The van der Waals surface area contributed by atoms with E-state index in [4.69, 9.17) is 0 Å². The second-order valence-corrected chi connectivity index (χ2v) is 6.60. The molecule has 3 rings (SSSR count). The molecule has 1 N–H and O–H groups in total. The first-order chi connectivity index (χ1) is 11.6. The number of benzene rings is 1. The Morgan fingerprint density at radius 3 is 2.62 bits per heavy atom. The number of aliphatic hydroxyl groups excluding tert-OH is 1. The highest BCUT2D eigenvalue weighted by Gasteiger charge is 2.27.